The highest BCUT2D eigenvalue weighted by Gasteiger charge is 2.22. The number of hydrogen-bond donors (Lipinski definition) is 1. The molecule has 0 aliphatic carbocycles. The molecule has 0 aliphatic heterocycles. The summed E-state index contributed by atoms with van der Waals surface area (Å²) in [5, 5.41) is 0.671. The first-order valence-corrected chi connectivity index (χ1v) is 6.13. The van der Waals surface area contributed by atoms with Crippen molar-refractivity contribution in [1.29, 1.82) is 0 Å². The molecule has 0 spiro atoms. The molecule has 3 nitrogen and oxygen atoms in total. The molecule has 2 N–H and O–H groups in total. The molecule has 94 valence electrons. The predicted molar refractivity (Wildman–Crippen MR) is 70.9 cm³/mol. The van der Waals surface area contributed by atoms with Crippen LogP contribution in [0.25, 0.3) is 0 Å². The van der Waals surface area contributed by atoms with Crippen LogP contribution in [0.15, 0.2) is 24.3 Å². The molecule has 0 fully saturated rings. The third kappa shape index (κ3) is 3.20. The summed E-state index contributed by atoms with van der Waals surface area (Å²) in [6, 6.07) is 7.02. The number of halogens is 1. The normalized spacial score (nSPS) is 14.2. The first-order chi connectivity index (χ1) is 7.99. The zero-order valence-electron chi connectivity index (χ0n) is 10.5. The largest absolute Gasteiger partial charge is 0.338 e. The van der Waals surface area contributed by atoms with Crippen LogP contribution >= 0.6 is 11.6 Å². The highest BCUT2D eigenvalue weighted by Crippen LogP contribution is 2.26. The van der Waals surface area contributed by atoms with Gasteiger partial charge in [0, 0.05) is 12.1 Å². The van der Waals surface area contributed by atoms with Gasteiger partial charge in [0.15, 0.2) is 0 Å². The fourth-order valence-corrected chi connectivity index (χ4v) is 1.94. The summed E-state index contributed by atoms with van der Waals surface area (Å²) in [6.07, 6.45) is 0.637. The molecule has 0 bridgehead atoms. The number of nitrogens with zero attached hydrogens (tertiary/aromatic N) is 1. The van der Waals surface area contributed by atoms with Crippen LogP contribution in [0.1, 0.15) is 31.9 Å². The molecular formula is C13H19ClN2O. The molecule has 0 radical (unpaired) electrons. The third-order valence-corrected chi connectivity index (χ3v) is 3.39. The Morgan fingerprint density at radius 3 is 2.59 bits per heavy atom. The van der Waals surface area contributed by atoms with Gasteiger partial charge in [0.1, 0.15) is 0 Å². The Hall–Kier alpha value is -1.06. The van der Waals surface area contributed by atoms with E-state index in [-0.39, 0.29) is 11.9 Å². The second kappa shape index (κ2) is 6.03. The molecule has 4 heteroatoms. The molecule has 0 heterocycles. The van der Waals surface area contributed by atoms with Gasteiger partial charge in [-0.3, -0.25) is 4.79 Å². The van der Waals surface area contributed by atoms with Gasteiger partial charge in [0.25, 0.3) is 0 Å². The second-order valence-corrected chi connectivity index (χ2v) is 4.57. The number of rotatable bonds is 4. The van der Waals surface area contributed by atoms with Crippen molar-refractivity contribution < 1.29 is 4.79 Å². The van der Waals surface area contributed by atoms with Crippen molar-refractivity contribution in [1.82, 2.24) is 4.90 Å². The molecule has 0 saturated carbocycles. The topological polar surface area (TPSA) is 46.3 Å². The number of amides is 1. The van der Waals surface area contributed by atoms with Gasteiger partial charge < -0.3 is 10.6 Å². The van der Waals surface area contributed by atoms with Gasteiger partial charge in [-0.25, -0.2) is 0 Å². The number of likely N-dealkylation sites (N-methyl/N-ethyl adjacent to an activating group) is 1. The Balaban J connectivity index is 2.87. The average molecular weight is 255 g/mol. The van der Waals surface area contributed by atoms with E-state index >= 15 is 0 Å². The van der Waals surface area contributed by atoms with E-state index in [1.54, 1.807) is 11.9 Å². The van der Waals surface area contributed by atoms with Gasteiger partial charge in [-0.2, -0.15) is 0 Å². The summed E-state index contributed by atoms with van der Waals surface area (Å²) in [6.45, 7) is 3.85. The van der Waals surface area contributed by atoms with Gasteiger partial charge in [-0.15, -0.1) is 0 Å². The van der Waals surface area contributed by atoms with Gasteiger partial charge in [-0.1, -0.05) is 36.7 Å². The predicted octanol–water partition coefficient (Wildman–Crippen LogP) is 2.60. The zero-order chi connectivity index (χ0) is 13.0. The van der Waals surface area contributed by atoms with E-state index in [0.717, 1.165) is 5.56 Å². The smallest absolute Gasteiger partial charge is 0.239 e. The molecule has 0 aromatic heterocycles. The molecule has 0 saturated heterocycles. The number of nitrogens with two attached hydrogens (primary N) is 1. The van der Waals surface area contributed by atoms with Crippen molar-refractivity contribution in [2.45, 2.75) is 32.4 Å². The number of carbonyl (C=O) groups excluding carboxylic acids is 1. The van der Waals surface area contributed by atoms with Crippen LogP contribution in [0.5, 0.6) is 0 Å². The summed E-state index contributed by atoms with van der Waals surface area (Å²) in [5.41, 5.74) is 6.69. The fraction of sp³-hybridized carbons (Fsp3) is 0.462. The molecular weight excluding hydrogens is 236 g/mol. The van der Waals surface area contributed by atoms with Gasteiger partial charge in [0.2, 0.25) is 5.91 Å². The van der Waals surface area contributed by atoms with E-state index in [1.165, 1.54) is 0 Å². The summed E-state index contributed by atoms with van der Waals surface area (Å²) >= 11 is 6.11. The molecule has 1 aromatic rings. The minimum Gasteiger partial charge on any atom is -0.338 e. The lowest BCUT2D eigenvalue weighted by atomic mass is 10.1. The standard InChI is InChI=1S/C13H19ClN2O/c1-4-12(15)13(17)16(3)9(2)10-7-5-6-8-11(10)14/h5-9,12H,4,15H2,1-3H3/t9?,12-/m0/s1. The van der Waals surface area contributed by atoms with Gasteiger partial charge in [-0.05, 0) is 25.0 Å². The first-order valence-electron chi connectivity index (χ1n) is 5.75. The van der Waals surface area contributed by atoms with Crippen molar-refractivity contribution in [3.63, 3.8) is 0 Å². The van der Waals surface area contributed by atoms with Crippen LogP contribution < -0.4 is 5.73 Å². The molecule has 1 rings (SSSR count). The number of hydrogen-bond acceptors (Lipinski definition) is 2. The van der Waals surface area contributed by atoms with Gasteiger partial charge in [0.05, 0.1) is 12.1 Å². The Kier molecular flexibility index (Phi) is 4.97. The summed E-state index contributed by atoms with van der Waals surface area (Å²) in [5.74, 6) is -0.0556. The lowest BCUT2D eigenvalue weighted by Gasteiger charge is -2.28. The Bertz CT molecular complexity index is 395. The van der Waals surface area contributed by atoms with E-state index < -0.39 is 6.04 Å². The van der Waals surface area contributed by atoms with Crippen LogP contribution in [0.4, 0.5) is 0 Å². The van der Waals surface area contributed by atoms with Crippen LogP contribution in [-0.4, -0.2) is 23.9 Å². The minimum absolute atomic E-state index is 0.0556. The first kappa shape index (κ1) is 14.0. The Morgan fingerprint density at radius 1 is 1.47 bits per heavy atom. The van der Waals surface area contributed by atoms with E-state index in [2.05, 4.69) is 0 Å². The maximum Gasteiger partial charge on any atom is 0.239 e. The molecule has 0 aliphatic rings. The minimum atomic E-state index is -0.440. The Morgan fingerprint density at radius 2 is 2.06 bits per heavy atom. The highest BCUT2D eigenvalue weighted by atomic mass is 35.5. The summed E-state index contributed by atoms with van der Waals surface area (Å²) in [4.78, 5) is 13.6. The summed E-state index contributed by atoms with van der Waals surface area (Å²) < 4.78 is 0. The second-order valence-electron chi connectivity index (χ2n) is 4.16. The van der Waals surface area contributed by atoms with Crippen molar-refractivity contribution in [2.24, 2.45) is 5.73 Å². The van der Waals surface area contributed by atoms with Crippen LogP contribution in [0.3, 0.4) is 0 Å². The fourth-order valence-electron chi connectivity index (χ4n) is 1.65. The quantitative estimate of drug-likeness (QED) is 0.898. The molecule has 2 atom stereocenters. The van der Waals surface area contributed by atoms with Crippen molar-refractivity contribution >= 4 is 17.5 Å². The van der Waals surface area contributed by atoms with Crippen molar-refractivity contribution in [3.8, 4) is 0 Å². The van der Waals surface area contributed by atoms with E-state index in [1.807, 2.05) is 38.1 Å². The maximum atomic E-state index is 12.0. The van der Waals surface area contributed by atoms with Crippen molar-refractivity contribution in [3.05, 3.63) is 34.9 Å². The lowest BCUT2D eigenvalue weighted by molar-refractivity contribution is -0.133. The van der Waals surface area contributed by atoms with Crippen LogP contribution in [0, 0.1) is 0 Å². The lowest BCUT2D eigenvalue weighted by Crippen LogP contribution is -2.42. The average Bonchev–Trinajstić information content (AvgIpc) is 2.35. The van der Waals surface area contributed by atoms with Crippen LogP contribution in [0.2, 0.25) is 5.02 Å². The molecule has 1 aromatic carbocycles. The van der Waals surface area contributed by atoms with Crippen LogP contribution in [-0.2, 0) is 4.79 Å². The Labute approximate surface area is 108 Å². The van der Waals surface area contributed by atoms with E-state index in [9.17, 15) is 4.79 Å². The molecule has 17 heavy (non-hydrogen) atoms. The molecule has 1 unspecified atom stereocenters. The van der Waals surface area contributed by atoms with Gasteiger partial charge >= 0.3 is 0 Å². The van der Waals surface area contributed by atoms with Crippen molar-refractivity contribution in [2.75, 3.05) is 7.05 Å². The SMILES string of the molecule is CC[C@H](N)C(=O)N(C)C(C)c1ccccc1Cl. The van der Waals surface area contributed by atoms with E-state index in [4.69, 9.17) is 17.3 Å². The third-order valence-electron chi connectivity index (χ3n) is 3.04. The molecule has 1 amide bonds. The zero-order valence-corrected chi connectivity index (χ0v) is 11.2. The number of benzene rings is 1. The maximum absolute atomic E-state index is 12.0. The summed E-state index contributed by atoms with van der Waals surface area (Å²) in [7, 11) is 1.76. The highest BCUT2D eigenvalue weighted by molar-refractivity contribution is 6.31. The number of carbonyl (C=O) groups is 1. The monoisotopic (exact) mass is 254 g/mol. The van der Waals surface area contributed by atoms with E-state index in [0.29, 0.717) is 11.4 Å².